The summed E-state index contributed by atoms with van der Waals surface area (Å²) in [6, 6.07) is 5.60. The zero-order valence-corrected chi connectivity index (χ0v) is 17.7. The molecule has 5 rings (SSSR count). The number of fused-ring (bicyclic) bond motifs is 1. The fraction of sp³-hybridized carbons (Fsp3) is 0.609. The van der Waals surface area contributed by atoms with Crippen LogP contribution >= 0.6 is 0 Å². The highest BCUT2D eigenvalue weighted by molar-refractivity contribution is 6.01. The molecule has 31 heavy (non-hydrogen) atoms. The van der Waals surface area contributed by atoms with Crippen LogP contribution in [0.5, 0.6) is 5.75 Å². The van der Waals surface area contributed by atoms with Crippen molar-refractivity contribution in [3.63, 3.8) is 0 Å². The Morgan fingerprint density at radius 2 is 2.00 bits per heavy atom. The number of hydrogen-bond donors (Lipinski definition) is 2. The Bertz CT molecular complexity index is 893. The van der Waals surface area contributed by atoms with Gasteiger partial charge in [0.25, 0.3) is 5.91 Å². The van der Waals surface area contributed by atoms with Gasteiger partial charge in [0.2, 0.25) is 0 Å². The molecule has 0 bridgehead atoms. The highest BCUT2D eigenvalue weighted by Gasteiger charge is 2.41. The molecule has 1 saturated heterocycles. The molecular formula is C23H30N3O5+. The Kier molecular flexibility index (Phi) is 5.67. The van der Waals surface area contributed by atoms with E-state index in [9.17, 15) is 14.7 Å². The van der Waals surface area contributed by atoms with Crippen molar-refractivity contribution in [1.29, 1.82) is 0 Å². The van der Waals surface area contributed by atoms with E-state index < -0.39 is 6.04 Å². The minimum Gasteiger partial charge on any atom is -0.489 e. The SMILES string of the molecule is O=C1CCC(N2Cc3cc(O[C@@H]4CCC[C@@H]4N4CCCOCC4)ccc3C2=O)C(O)=[NH+]1. The average molecular weight is 429 g/mol. The van der Waals surface area contributed by atoms with Gasteiger partial charge in [-0.2, -0.15) is 0 Å². The van der Waals surface area contributed by atoms with E-state index in [0.29, 0.717) is 31.0 Å². The van der Waals surface area contributed by atoms with Crippen LogP contribution in [0.4, 0.5) is 0 Å². The van der Waals surface area contributed by atoms with E-state index in [0.717, 1.165) is 63.3 Å². The summed E-state index contributed by atoms with van der Waals surface area (Å²) >= 11 is 0. The molecule has 0 aromatic heterocycles. The summed E-state index contributed by atoms with van der Waals surface area (Å²) in [5.41, 5.74) is 1.55. The van der Waals surface area contributed by atoms with E-state index in [1.807, 2.05) is 18.2 Å². The maximum absolute atomic E-state index is 12.9. The fourth-order valence-corrected chi connectivity index (χ4v) is 5.37. The van der Waals surface area contributed by atoms with E-state index in [1.165, 1.54) is 0 Å². The summed E-state index contributed by atoms with van der Waals surface area (Å²) in [5, 5.41) is 10.2. The first-order chi connectivity index (χ1) is 15.1. The van der Waals surface area contributed by atoms with Crippen molar-refractivity contribution in [2.45, 2.75) is 63.3 Å². The van der Waals surface area contributed by atoms with Crippen LogP contribution in [0.25, 0.3) is 0 Å². The second-order valence-electron chi connectivity index (χ2n) is 8.90. The van der Waals surface area contributed by atoms with E-state index in [-0.39, 0.29) is 23.8 Å². The molecule has 2 fully saturated rings. The molecule has 1 aliphatic carbocycles. The Balaban J connectivity index is 1.29. The number of nitrogens with zero attached hydrogens (tertiary/aromatic N) is 2. The molecule has 0 radical (unpaired) electrons. The van der Waals surface area contributed by atoms with Crippen LogP contribution in [0, 0.1) is 0 Å². The van der Waals surface area contributed by atoms with E-state index in [1.54, 1.807) is 4.90 Å². The number of ether oxygens (including phenoxy) is 2. The molecule has 8 heteroatoms. The van der Waals surface area contributed by atoms with Crippen LogP contribution < -0.4 is 9.73 Å². The van der Waals surface area contributed by atoms with Gasteiger partial charge in [-0.05, 0) is 55.9 Å². The summed E-state index contributed by atoms with van der Waals surface area (Å²) in [6.07, 6.45) is 5.28. The number of nitrogens with one attached hydrogen (secondary N) is 1. The molecule has 1 unspecified atom stereocenters. The minimum absolute atomic E-state index is 0.113. The third-order valence-electron chi connectivity index (χ3n) is 6.94. The Morgan fingerprint density at radius 1 is 1.10 bits per heavy atom. The average Bonchev–Trinajstić information content (AvgIpc) is 3.22. The van der Waals surface area contributed by atoms with E-state index in [4.69, 9.17) is 9.47 Å². The molecule has 3 atom stereocenters. The Hall–Kier alpha value is -2.45. The van der Waals surface area contributed by atoms with Crippen molar-refractivity contribution in [2.24, 2.45) is 0 Å². The third-order valence-corrected chi connectivity index (χ3v) is 6.94. The van der Waals surface area contributed by atoms with E-state index in [2.05, 4.69) is 9.89 Å². The van der Waals surface area contributed by atoms with Crippen LogP contribution in [-0.2, 0) is 16.1 Å². The van der Waals surface area contributed by atoms with Crippen molar-refractivity contribution in [3.8, 4) is 5.75 Å². The fourth-order valence-electron chi connectivity index (χ4n) is 5.37. The van der Waals surface area contributed by atoms with Crippen LogP contribution in [0.3, 0.4) is 0 Å². The van der Waals surface area contributed by atoms with Crippen LogP contribution in [-0.4, -0.2) is 77.1 Å². The number of hydrogen-bond acceptors (Lipinski definition) is 5. The zero-order chi connectivity index (χ0) is 21.4. The highest BCUT2D eigenvalue weighted by atomic mass is 16.5. The molecule has 2 amide bonds. The highest BCUT2D eigenvalue weighted by Crippen LogP contribution is 2.33. The van der Waals surface area contributed by atoms with Gasteiger partial charge in [-0.3, -0.25) is 9.69 Å². The van der Waals surface area contributed by atoms with Crippen molar-refractivity contribution >= 4 is 17.7 Å². The molecule has 1 aromatic carbocycles. The molecule has 3 heterocycles. The first-order valence-electron chi connectivity index (χ1n) is 11.4. The number of benzene rings is 1. The number of aliphatic hydroxyl groups is 1. The third kappa shape index (κ3) is 4.06. The number of amides is 2. The lowest BCUT2D eigenvalue weighted by Gasteiger charge is -2.31. The molecule has 1 aromatic rings. The van der Waals surface area contributed by atoms with E-state index >= 15 is 0 Å². The van der Waals surface area contributed by atoms with Gasteiger partial charge in [0, 0.05) is 37.8 Å². The Labute approximate surface area is 181 Å². The quantitative estimate of drug-likeness (QED) is 0.721. The van der Waals surface area contributed by atoms with Crippen molar-refractivity contribution < 1.29 is 29.2 Å². The monoisotopic (exact) mass is 428 g/mol. The van der Waals surface area contributed by atoms with Gasteiger partial charge < -0.3 is 19.5 Å². The summed E-state index contributed by atoms with van der Waals surface area (Å²) in [5.74, 6) is 0.332. The molecule has 4 aliphatic rings. The number of rotatable bonds is 4. The van der Waals surface area contributed by atoms with Gasteiger partial charge in [-0.15, -0.1) is 4.99 Å². The largest absolute Gasteiger partial charge is 0.489 e. The second kappa shape index (κ2) is 8.59. The molecule has 0 spiro atoms. The summed E-state index contributed by atoms with van der Waals surface area (Å²) < 4.78 is 12.0. The zero-order valence-electron chi connectivity index (χ0n) is 17.7. The standard InChI is InChI=1S/C23H29N3O5/c27-21-8-7-19(22(28)24-21)26-14-15-13-16(5-6-17(15)23(26)29)31-20-4-1-3-18(20)25-9-2-11-30-12-10-25/h5-6,13,18-20H,1-4,7-12,14H2,(H,24,27,28)/p+1/t18-,19?,20+/m0/s1. The van der Waals surface area contributed by atoms with Crippen LogP contribution in [0.1, 0.15) is 54.4 Å². The Morgan fingerprint density at radius 3 is 2.87 bits per heavy atom. The maximum Gasteiger partial charge on any atom is 0.388 e. The number of carbonyl (C=O) groups excluding carboxylic acids is 2. The van der Waals surface area contributed by atoms with Crippen molar-refractivity contribution in [1.82, 2.24) is 9.80 Å². The summed E-state index contributed by atoms with van der Waals surface area (Å²) in [6.45, 7) is 4.03. The molecule has 166 valence electrons. The van der Waals surface area contributed by atoms with Crippen LogP contribution in [0.15, 0.2) is 18.2 Å². The molecule has 1 saturated carbocycles. The predicted molar refractivity (Wildman–Crippen MR) is 112 cm³/mol. The summed E-state index contributed by atoms with van der Waals surface area (Å²) in [4.78, 5) is 31.0. The van der Waals surface area contributed by atoms with Gasteiger partial charge in [-0.1, -0.05) is 0 Å². The lowest BCUT2D eigenvalue weighted by molar-refractivity contribution is -0.394. The normalized spacial score (nSPS) is 29.6. The molecular weight excluding hydrogens is 398 g/mol. The maximum atomic E-state index is 12.9. The molecule has 2 N–H and O–H groups in total. The molecule has 8 nitrogen and oxygen atoms in total. The first kappa shape index (κ1) is 20.5. The predicted octanol–water partition coefficient (Wildman–Crippen LogP) is 0.391. The van der Waals surface area contributed by atoms with Gasteiger partial charge in [0.15, 0.2) is 6.04 Å². The van der Waals surface area contributed by atoms with Gasteiger partial charge >= 0.3 is 11.8 Å². The number of carbonyl (C=O) groups is 2. The summed E-state index contributed by atoms with van der Waals surface area (Å²) in [7, 11) is 0. The lowest BCUT2D eigenvalue weighted by Crippen LogP contribution is -2.82. The molecule has 3 aliphatic heterocycles. The second-order valence-corrected chi connectivity index (χ2v) is 8.90. The number of aliphatic hydroxyl groups excluding tert-OH is 1. The lowest BCUT2D eigenvalue weighted by atomic mass is 10.1. The van der Waals surface area contributed by atoms with Crippen molar-refractivity contribution in [3.05, 3.63) is 29.3 Å². The minimum atomic E-state index is -0.480. The first-order valence-corrected chi connectivity index (χ1v) is 11.4. The van der Waals surface area contributed by atoms with Crippen LogP contribution in [0.2, 0.25) is 0 Å². The van der Waals surface area contributed by atoms with Gasteiger partial charge in [0.1, 0.15) is 11.9 Å². The topological polar surface area (TPSA) is 93.3 Å². The smallest absolute Gasteiger partial charge is 0.388 e. The van der Waals surface area contributed by atoms with Gasteiger partial charge in [0.05, 0.1) is 13.0 Å². The van der Waals surface area contributed by atoms with Gasteiger partial charge in [-0.25, -0.2) is 4.79 Å². The van der Waals surface area contributed by atoms with Crippen molar-refractivity contribution in [2.75, 3.05) is 26.3 Å².